The van der Waals surface area contributed by atoms with Gasteiger partial charge in [0.15, 0.2) is 21.2 Å². The summed E-state index contributed by atoms with van der Waals surface area (Å²) in [5, 5.41) is 10.4. The maximum absolute atomic E-state index is 13.5. The third-order valence-electron chi connectivity index (χ3n) is 7.84. The fraction of sp³-hybridized carbons (Fsp3) is 0.435. The average Bonchev–Trinajstić information content (AvgIpc) is 3.16. The van der Waals surface area contributed by atoms with Gasteiger partial charge in [-0.25, -0.2) is 4.79 Å². The third-order valence-corrected chi connectivity index (χ3v) is 9.86. The molecule has 3 fully saturated rings. The Morgan fingerprint density at radius 3 is 2.44 bits per heavy atom. The van der Waals surface area contributed by atoms with Crippen molar-refractivity contribution in [1.29, 1.82) is 0 Å². The molecular weight excluding hydrogens is 581 g/mol. The van der Waals surface area contributed by atoms with Crippen molar-refractivity contribution in [2.24, 2.45) is 23.5 Å². The number of ether oxygens (including phenoxy) is 1. The van der Waals surface area contributed by atoms with Crippen molar-refractivity contribution in [3.05, 3.63) is 33.8 Å². The van der Waals surface area contributed by atoms with Gasteiger partial charge in [-0.15, -0.1) is 23.2 Å². The summed E-state index contributed by atoms with van der Waals surface area (Å²) >= 11 is 17.4. The maximum atomic E-state index is 13.5. The molecule has 2 aliphatic heterocycles. The number of nitrogens with zero attached hydrogens (tertiary/aromatic N) is 2. The number of benzene rings is 1. The SMILES string of the molecule is COc1cc(C2C3=CCC4C(=O)N(C(N)=O)C(=O)C4C3CC3(Cl)C(=O)N(C)C(=O)C23Cl)cc(Br)c1O. The highest BCUT2D eigenvalue weighted by Gasteiger charge is 2.76. The number of nitrogens with two attached hydrogens (primary N) is 1. The Kier molecular flexibility index (Phi) is 5.52. The number of imide groups is 4. The van der Waals surface area contributed by atoms with Crippen LogP contribution < -0.4 is 10.5 Å². The number of methoxy groups -OCH3 is 1. The lowest BCUT2D eigenvalue weighted by atomic mass is 9.56. The van der Waals surface area contributed by atoms with E-state index in [0.29, 0.717) is 16.0 Å². The number of urea groups is 1. The van der Waals surface area contributed by atoms with Gasteiger partial charge in [-0.1, -0.05) is 11.6 Å². The Hall–Kier alpha value is -2.63. The molecule has 0 aromatic heterocycles. The number of primary amides is 1. The lowest BCUT2D eigenvalue weighted by Crippen LogP contribution is -2.60. The van der Waals surface area contributed by atoms with E-state index in [9.17, 15) is 29.1 Å². The highest BCUT2D eigenvalue weighted by Crippen LogP contribution is 2.65. The predicted molar refractivity (Wildman–Crippen MR) is 129 cm³/mol. The second kappa shape index (κ2) is 7.93. The lowest BCUT2D eigenvalue weighted by molar-refractivity contribution is -0.139. The van der Waals surface area contributed by atoms with E-state index < -0.39 is 63.1 Å². The first-order chi connectivity index (χ1) is 16.8. The molecule has 0 radical (unpaired) electrons. The molecule has 5 rings (SSSR count). The number of rotatable bonds is 2. The summed E-state index contributed by atoms with van der Waals surface area (Å²) < 4.78 is 5.52. The van der Waals surface area contributed by atoms with Crippen LogP contribution >= 0.6 is 39.1 Å². The van der Waals surface area contributed by atoms with Crippen molar-refractivity contribution < 1.29 is 33.8 Å². The van der Waals surface area contributed by atoms with Crippen LogP contribution in [0.5, 0.6) is 11.5 Å². The lowest BCUT2D eigenvalue weighted by Gasteiger charge is -2.50. The number of carbonyl (C=O) groups is 5. The number of aromatic hydroxyl groups is 1. The molecule has 0 spiro atoms. The number of carbonyl (C=O) groups excluding carboxylic acids is 5. The van der Waals surface area contributed by atoms with Crippen LogP contribution in [0.3, 0.4) is 0 Å². The molecular formula is C23H20BrCl2N3O7. The summed E-state index contributed by atoms with van der Waals surface area (Å²) in [6, 6.07) is 1.83. The van der Waals surface area contributed by atoms with Crippen molar-refractivity contribution in [3.8, 4) is 11.5 Å². The average molecular weight is 601 g/mol. The fourth-order valence-corrected chi connectivity index (χ4v) is 7.73. The number of halogens is 3. The molecule has 0 bridgehead atoms. The van der Waals surface area contributed by atoms with Crippen LogP contribution in [-0.2, 0) is 19.2 Å². The van der Waals surface area contributed by atoms with Crippen LogP contribution in [0.2, 0.25) is 0 Å². The number of phenolic OH excluding ortho intramolecular Hbond substituents is 1. The van der Waals surface area contributed by atoms with Crippen molar-refractivity contribution in [2.45, 2.75) is 28.5 Å². The molecule has 13 heteroatoms. The third kappa shape index (κ3) is 2.87. The monoisotopic (exact) mass is 599 g/mol. The summed E-state index contributed by atoms with van der Waals surface area (Å²) in [6.45, 7) is 0. The zero-order valence-corrected chi connectivity index (χ0v) is 22.1. The number of hydrogen-bond acceptors (Lipinski definition) is 7. The van der Waals surface area contributed by atoms with Crippen LogP contribution in [0, 0.1) is 17.8 Å². The molecule has 190 valence electrons. The Morgan fingerprint density at radius 1 is 1.17 bits per heavy atom. The number of likely N-dealkylation sites (tertiary alicyclic amines) is 2. The first-order valence-corrected chi connectivity index (χ1v) is 12.5. The number of amides is 6. The quantitative estimate of drug-likeness (QED) is 0.300. The molecule has 10 nitrogen and oxygen atoms in total. The molecule has 1 saturated carbocycles. The van der Waals surface area contributed by atoms with Gasteiger partial charge in [0.1, 0.15) is 0 Å². The second-order valence-corrected chi connectivity index (χ2v) is 11.5. The zero-order chi connectivity index (χ0) is 26.5. The van der Waals surface area contributed by atoms with Gasteiger partial charge in [-0.2, -0.15) is 4.90 Å². The minimum absolute atomic E-state index is 0.0772. The van der Waals surface area contributed by atoms with E-state index in [0.717, 1.165) is 4.90 Å². The van der Waals surface area contributed by atoms with Gasteiger partial charge >= 0.3 is 6.03 Å². The summed E-state index contributed by atoms with van der Waals surface area (Å²) in [5.41, 5.74) is 6.23. The van der Waals surface area contributed by atoms with Gasteiger partial charge in [-0.3, -0.25) is 24.1 Å². The van der Waals surface area contributed by atoms with E-state index in [1.165, 1.54) is 26.3 Å². The first-order valence-electron chi connectivity index (χ1n) is 10.9. The van der Waals surface area contributed by atoms with Gasteiger partial charge in [0.05, 0.1) is 23.4 Å². The standard InChI is InChI=1S/C23H20BrCl2N3O7/c1-28-19(33)22(25)7-11-9(3-4-10-14(11)18(32)29(17(10)31)21(27)35)15(23(22,26)20(28)34)8-5-12(24)16(30)13(6-8)36-2/h3,5-6,10-11,14-15,30H,4,7H2,1-2H3,(H2,27,35). The van der Waals surface area contributed by atoms with Crippen molar-refractivity contribution >= 4 is 68.8 Å². The molecule has 36 heavy (non-hydrogen) atoms. The molecule has 3 N–H and O–H groups in total. The molecule has 1 aromatic carbocycles. The molecule has 6 amide bonds. The van der Waals surface area contributed by atoms with E-state index in [4.69, 9.17) is 33.7 Å². The van der Waals surface area contributed by atoms with Crippen molar-refractivity contribution in [3.63, 3.8) is 0 Å². The predicted octanol–water partition coefficient (Wildman–Crippen LogP) is 2.23. The van der Waals surface area contributed by atoms with Crippen LogP contribution in [0.4, 0.5) is 4.79 Å². The second-order valence-electron chi connectivity index (χ2n) is 9.40. The Balaban J connectivity index is 1.76. The van der Waals surface area contributed by atoms with Gasteiger partial charge in [-0.05, 0) is 52.4 Å². The highest BCUT2D eigenvalue weighted by atomic mass is 79.9. The minimum atomic E-state index is -1.98. The Labute approximate surface area is 223 Å². The summed E-state index contributed by atoms with van der Waals surface area (Å²) in [5.74, 6) is -6.75. The van der Waals surface area contributed by atoms with Gasteiger partial charge in [0.25, 0.3) is 11.8 Å². The molecule has 1 aromatic rings. The van der Waals surface area contributed by atoms with E-state index in [2.05, 4.69) is 15.9 Å². The topological polar surface area (TPSA) is 147 Å². The number of fused-ring (bicyclic) bond motifs is 4. The molecule has 2 aliphatic carbocycles. The molecule has 6 atom stereocenters. The van der Waals surface area contributed by atoms with Crippen LogP contribution in [0.15, 0.2) is 28.3 Å². The minimum Gasteiger partial charge on any atom is -0.503 e. The van der Waals surface area contributed by atoms with E-state index >= 15 is 0 Å². The largest absolute Gasteiger partial charge is 0.503 e. The number of allylic oxidation sites excluding steroid dienone is 2. The van der Waals surface area contributed by atoms with E-state index in [1.54, 1.807) is 6.08 Å². The highest BCUT2D eigenvalue weighted by molar-refractivity contribution is 9.10. The van der Waals surface area contributed by atoms with Crippen molar-refractivity contribution in [2.75, 3.05) is 14.2 Å². The zero-order valence-electron chi connectivity index (χ0n) is 19.0. The van der Waals surface area contributed by atoms with Crippen LogP contribution in [-0.4, -0.2) is 68.5 Å². The van der Waals surface area contributed by atoms with Gasteiger partial charge in [0, 0.05) is 13.0 Å². The number of hydrogen-bond donors (Lipinski definition) is 2. The maximum Gasteiger partial charge on any atom is 0.328 e. The normalized spacial score (nSPS) is 35.4. The first kappa shape index (κ1) is 25.0. The van der Waals surface area contributed by atoms with Gasteiger partial charge in [0.2, 0.25) is 11.8 Å². The number of alkyl halides is 2. The molecule has 4 aliphatic rings. The number of phenols is 1. The van der Waals surface area contributed by atoms with Crippen molar-refractivity contribution in [1.82, 2.24) is 9.80 Å². The molecule has 2 heterocycles. The molecule has 2 saturated heterocycles. The summed E-state index contributed by atoms with van der Waals surface area (Å²) in [7, 11) is 2.63. The van der Waals surface area contributed by atoms with Crippen LogP contribution in [0.1, 0.15) is 24.3 Å². The smallest absolute Gasteiger partial charge is 0.328 e. The Bertz CT molecular complexity index is 1320. The van der Waals surface area contributed by atoms with Gasteiger partial charge < -0.3 is 15.6 Å². The fourth-order valence-electron chi connectivity index (χ4n) is 6.25. The Morgan fingerprint density at radius 2 is 1.83 bits per heavy atom. The van der Waals surface area contributed by atoms with E-state index in [-0.39, 0.29) is 28.8 Å². The van der Waals surface area contributed by atoms with E-state index in [1.807, 2.05) is 0 Å². The molecule has 6 unspecified atom stereocenters. The summed E-state index contributed by atoms with van der Waals surface area (Å²) in [6.07, 6.45) is 1.60. The van der Waals surface area contributed by atoms with Crippen LogP contribution in [0.25, 0.3) is 0 Å². The summed E-state index contributed by atoms with van der Waals surface area (Å²) in [4.78, 5) is 62.2.